The zero-order valence-corrected chi connectivity index (χ0v) is 15.5. The van der Waals surface area contributed by atoms with Gasteiger partial charge in [0.25, 0.3) is 0 Å². The lowest BCUT2D eigenvalue weighted by Gasteiger charge is -2.26. The highest BCUT2D eigenvalue weighted by molar-refractivity contribution is 5.80. The van der Waals surface area contributed by atoms with E-state index in [9.17, 15) is 0 Å². The fourth-order valence-corrected chi connectivity index (χ4v) is 3.77. The first-order valence-corrected chi connectivity index (χ1v) is 9.67. The number of nitrogens with zero attached hydrogens (tertiary/aromatic N) is 3. The van der Waals surface area contributed by atoms with Crippen molar-refractivity contribution in [3.05, 3.63) is 35.9 Å². The molecular weight excluding hydrogens is 312 g/mol. The zero-order chi connectivity index (χ0) is 17.3. The van der Waals surface area contributed by atoms with Gasteiger partial charge in [0.1, 0.15) is 0 Å². The minimum atomic E-state index is 0.626. The number of likely N-dealkylation sites (tertiary alicyclic amines) is 1. The minimum Gasteiger partial charge on any atom is -0.379 e. The van der Waals surface area contributed by atoms with Crippen LogP contribution in [0, 0.1) is 0 Å². The number of rotatable bonds is 6. The third kappa shape index (κ3) is 5.44. The number of guanidine groups is 1. The lowest BCUT2D eigenvalue weighted by atomic mass is 9.99. The standard InChI is InChI=1S/C20H32N4O/c1-21-20(22-10-5-6-11-23-13-15-25-16-14-23)24-12-9-19(17-24)18-7-3-2-4-8-18/h2-4,7-8,19H,5-6,9-17H2,1H3,(H,21,22). The number of hydrogen-bond acceptors (Lipinski definition) is 3. The van der Waals surface area contributed by atoms with Crippen LogP contribution in [0.1, 0.15) is 30.7 Å². The Bertz CT molecular complexity index is 528. The van der Waals surface area contributed by atoms with Crippen molar-refractivity contribution in [3.8, 4) is 0 Å². The van der Waals surface area contributed by atoms with E-state index in [-0.39, 0.29) is 0 Å². The SMILES string of the molecule is CN=C(NCCCCN1CCOCC1)N1CCC(c2ccccc2)C1. The van der Waals surface area contributed by atoms with Gasteiger partial charge in [-0.3, -0.25) is 9.89 Å². The van der Waals surface area contributed by atoms with Gasteiger partial charge in [-0.05, 0) is 31.4 Å². The van der Waals surface area contributed by atoms with Crippen molar-refractivity contribution in [2.75, 3.05) is 59.5 Å². The monoisotopic (exact) mass is 344 g/mol. The maximum absolute atomic E-state index is 5.40. The van der Waals surface area contributed by atoms with Crippen molar-refractivity contribution in [2.24, 2.45) is 4.99 Å². The Kier molecular flexibility index (Phi) is 7.12. The maximum Gasteiger partial charge on any atom is 0.193 e. The van der Waals surface area contributed by atoms with Gasteiger partial charge in [-0.15, -0.1) is 0 Å². The molecule has 1 unspecified atom stereocenters. The molecule has 0 amide bonds. The molecule has 0 radical (unpaired) electrons. The third-order valence-corrected chi connectivity index (χ3v) is 5.26. The normalized spacial score (nSPS) is 22.4. The van der Waals surface area contributed by atoms with E-state index in [2.05, 4.69) is 50.4 Å². The van der Waals surface area contributed by atoms with Crippen molar-refractivity contribution in [2.45, 2.75) is 25.2 Å². The predicted octanol–water partition coefficient (Wildman–Crippen LogP) is 2.16. The van der Waals surface area contributed by atoms with E-state index >= 15 is 0 Å². The summed E-state index contributed by atoms with van der Waals surface area (Å²) in [7, 11) is 1.89. The molecule has 2 saturated heterocycles. The minimum absolute atomic E-state index is 0.626. The number of nitrogens with one attached hydrogen (secondary N) is 1. The first-order chi connectivity index (χ1) is 12.4. The molecule has 1 atom stereocenters. The Balaban J connectivity index is 1.35. The van der Waals surface area contributed by atoms with E-state index in [0.717, 1.165) is 51.9 Å². The van der Waals surface area contributed by atoms with Gasteiger partial charge in [0.2, 0.25) is 0 Å². The molecule has 0 bridgehead atoms. The van der Waals surface area contributed by atoms with E-state index in [1.54, 1.807) is 0 Å². The lowest BCUT2D eigenvalue weighted by Crippen LogP contribution is -2.40. The van der Waals surface area contributed by atoms with Gasteiger partial charge < -0.3 is 15.0 Å². The van der Waals surface area contributed by atoms with Gasteiger partial charge in [0.05, 0.1) is 13.2 Å². The van der Waals surface area contributed by atoms with Crippen LogP contribution < -0.4 is 5.32 Å². The summed E-state index contributed by atoms with van der Waals surface area (Å²) in [6.45, 7) is 8.30. The fraction of sp³-hybridized carbons (Fsp3) is 0.650. The summed E-state index contributed by atoms with van der Waals surface area (Å²) in [6, 6.07) is 10.9. The van der Waals surface area contributed by atoms with Crippen molar-refractivity contribution in [3.63, 3.8) is 0 Å². The quantitative estimate of drug-likeness (QED) is 0.488. The van der Waals surface area contributed by atoms with Gasteiger partial charge in [-0.1, -0.05) is 30.3 Å². The van der Waals surface area contributed by atoms with Crippen LogP contribution in [0.2, 0.25) is 0 Å². The highest BCUT2D eigenvalue weighted by Crippen LogP contribution is 2.26. The number of benzene rings is 1. The fourth-order valence-electron chi connectivity index (χ4n) is 3.77. The Morgan fingerprint density at radius 2 is 1.96 bits per heavy atom. The average molecular weight is 345 g/mol. The Labute approximate surface area is 152 Å². The van der Waals surface area contributed by atoms with E-state index < -0.39 is 0 Å². The molecule has 5 nitrogen and oxygen atoms in total. The molecule has 1 aromatic rings. The molecule has 2 aliphatic rings. The summed E-state index contributed by atoms with van der Waals surface area (Å²) in [5.74, 6) is 1.69. The highest BCUT2D eigenvalue weighted by atomic mass is 16.5. The molecule has 0 spiro atoms. The summed E-state index contributed by atoms with van der Waals surface area (Å²) in [6.07, 6.45) is 3.63. The first kappa shape index (κ1) is 18.2. The van der Waals surface area contributed by atoms with Crippen LogP contribution in [0.4, 0.5) is 0 Å². The number of ether oxygens (including phenoxy) is 1. The van der Waals surface area contributed by atoms with Crippen LogP contribution in [-0.4, -0.2) is 75.3 Å². The van der Waals surface area contributed by atoms with E-state index in [1.165, 1.54) is 31.4 Å². The summed E-state index contributed by atoms with van der Waals surface area (Å²) < 4.78 is 5.40. The first-order valence-electron chi connectivity index (χ1n) is 9.67. The van der Waals surface area contributed by atoms with Gasteiger partial charge in [-0.2, -0.15) is 0 Å². The van der Waals surface area contributed by atoms with Crippen LogP contribution in [0.25, 0.3) is 0 Å². The second-order valence-corrected chi connectivity index (χ2v) is 6.98. The molecule has 2 aliphatic heterocycles. The third-order valence-electron chi connectivity index (χ3n) is 5.26. The molecular formula is C20H32N4O. The molecule has 5 heteroatoms. The largest absolute Gasteiger partial charge is 0.379 e. The molecule has 1 N–H and O–H groups in total. The molecule has 25 heavy (non-hydrogen) atoms. The molecule has 0 aromatic heterocycles. The Hall–Kier alpha value is -1.59. The molecule has 0 saturated carbocycles. The molecule has 138 valence electrons. The van der Waals surface area contributed by atoms with Gasteiger partial charge >= 0.3 is 0 Å². The lowest BCUT2D eigenvalue weighted by molar-refractivity contribution is 0.0372. The van der Waals surface area contributed by atoms with E-state index in [0.29, 0.717) is 5.92 Å². The van der Waals surface area contributed by atoms with Crippen molar-refractivity contribution < 1.29 is 4.74 Å². The maximum atomic E-state index is 5.40. The Morgan fingerprint density at radius 3 is 2.72 bits per heavy atom. The van der Waals surface area contributed by atoms with Crippen LogP contribution in [0.5, 0.6) is 0 Å². The van der Waals surface area contributed by atoms with Crippen molar-refractivity contribution in [1.82, 2.24) is 15.1 Å². The van der Waals surface area contributed by atoms with Gasteiger partial charge in [0.15, 0.2) is 5.96 Å². The van der Waals surface area contributed by atoms with Gasteiger partial charge in [0, 0.05) is 45.7 Å². The topological polar surface area (TPSA) is 40.1 Å². The van der Waals surface area contributed by atoms with Crippen LogP contribution in [0.3, 0.4) is 0 Å². The van der Waals surface area contributed by atoms with Gasteiger partial charge in [-0.25, -0.2) is 0 Å². The molecule has 1 aromatic carbocycles. The number of hydrogen-bond donors (Lipinski definition) is 1. The van der Waals surface area contributed by atoms with E-state index in [4.69, 9.17) is 4.74 Å². The predicted molar refractivity (Wildman–Crippen MR) is 103 cm³/mol. The average Bonchev–Trinajstić information content (AvgIpc) is 3.16. The smallest absolute Gasteiger partial charge is 0.193 e. The van der Waals surface area contributed by atoms with Crippen molar-refractivity contribution in [1.29, 1.82) is 0 Å². The van der Waals surface area contributed by atoms with Crippen LogP contribution in [-0.2, 0) is 4.74 Å². The number of aliphatic imine (C=N–C) groups is 1. The second kappa shape index (κ2) is 9.78. The zero-order valence-electron chi connectivity index (χ0n) is 15.5. The summed E-state index contributed by atoms with van der Waals surface area (Å²) >= 11 is 0. The second-order valence-electron chi connectivity index (χ2n) is 6.98. The number of morpholine rings is 1. The molecule has 0 aliphatic carbocycles. The highest BCUT2D eigenvalue weighted by Gasteiger charge is 2.25. The van der Waals surface area contributed by atoms with Crippen LogP contribution >= 0.6 is 0 Å². The summed E-state index contributed by atoms with van der Waals surface area (Å²) in [4.78, 5) is 9.40. The van der Waals surface area contributed by atoms with Crippen molar-refractivity contribution >= 4 is 5.96 Å². The number of unbranched alkanes of at least 4 members (excludes halogenated alkanes) is 1. The summed E-state index contributed by atoms with van der Waals surface area (Å²) in [5, 5.41) is 3.55. The molecule has 2 fully saturated rings. The molecule has 2 heterocycles. The Morgan fingerprint density at radius 1 is 1.16 bits per heavy atom. The van der Waals surface area contributed by atoms with E-state index in [1.807, 2.05) is 7.05 Å². The molecule has 3 rings (SSSR count). The van der Waals surface area contributed by atoms with Crippen LogP contribution in [0.15, 0.2) is 35.3 Å². The summed E-state index contributed by atoms with van der Waals surface area (Å²) in [5.41, 5.74) is 1.45.